The van der Waals surface area contributed by atoms with Gasteiger partial charge in [-0.1, -0.05) is 37.3 Å². The zero-order valence-corrected chi connectivity index (χ0v) is 14.8. The van der Waals surface area contributed by atoms with Gasteiger partial charge in [0.1, 0.15) is 11.8 Å². The van der Waals surface area contributed by atoms with E-state index < -0.39 is 0 Å². The number of hydrogen-bond acceptors (Lipinski definition) is 5. The lowest BCUT2D eigenvalue weighted by Crippen LogP contribution is -2.41. The number of carbonyl (C=O) groups excluding carboxylic acids is 1. The minimum atomic E-state index is -0.317. The Labute approximate surface area is 153 Å². The van der Waals surface area contributed by atoms with Crippen molar-refractivity contribution in [1.29, 1.82) is 0 Å². The highest BCUT2D eigenvalue weighted by Crippen LogP contribution is 2.21. The molecule has 6 heteroatoms. The van der Waals surface area contributed by atoms with Crippen LogP contribution in [0, 0.1) is 0 Å². The summed E-state index contributed by atoms with van der Waals surface area (Å²) in [6, 6.07) is 17.5. The Morgan fingerprint density at radius 3 is 2.69 bits per heavy atom. The first kappa shape index (κ1) is 18.1. The maximum Gasteiger partial charge on any atom is 0.258 e. The van der Waals surface area contributed by atoms with Crippen molar-refractivity contribution in [1.82, 2.24) is 16.3 Å². The fraction of sp³-hybridized carbons (Fsp3) is 0.300. The number of carbonyl (C=O) groups is 1. The molecule has 1 amide bonds. The monoisotopic (exact) mass is 352 g/mol. The molecule has 0 aromatic heterocycles. The minimum absolute atomic E-state index is 0.117. The van der Waals surface area contributed by atoms with Crippen molar-refractivity contribution in [2.24, 2.45) is 5.10 Å². The van der Waals surface area contributed by atoms with Gasteiger partial charge in [-0.2, -0.15) is 5.10 Å². The van der Waals surface area contributed by atoms with E-state index in [1.54, 1.807) is 6.21 Å². The van der Waals surface area contributed by atoms with Crippen LogP contribution in [0.1, 0.15) is 36.9 Å². The normalized spacial score (nSPS) is 19.6. The highest BCUT2D eigenvalue weighted by molar-refractivity contribution is 5.85. The fourth-order valence-corrected chi connectivity index (χ4v) is 2.75. The molecule has 0 aliphatic carbocycles. The van der Waals surface area contributed by atoms with Gasteiger partial charge in [-0.05, 0) is 48.2 Å². The van der Waals surface area contributed by atoms with Crippen LogP contribution in [0.4, 0.5) is 0 Å². The molecule has 3 N–H and O–H groups in total. The summed E-state index contributed by atoms with van der Waals surface area (Å²) in [7, 11) is 0. The Bertz CT molecular complexity index is 731. The molecule has 2 atom stereocenters. The Hall–Kier alpha value is -2.70. The lowest BCUT2D eigenvalue weighted by molar-refractivity contribution is -0.122. The molecule has 1 saturated heterocycles. The third-order valence-corrected chi connectivity index (χ3v) is 4.16. The van der Waals surface area contributed by atoms with Gasteiger partial charge in [-0.3, -0.25) is 4.79 Å². The average Bonchev–Trinajstić information content (AvgIpc) is 3.18. The standard InChI is InChI=1S/C20H24N4O2/c1-2-12-26-17-10-8-15(9-11-17)14-21-24-20(25)19-13-18(22-23-19)16-6-4-3-5-7-16/h3-11,14,18-19,22-23H,2,12-13H2,1H3,(H,24,25)/b21-14+. The first-order chi connectivity index (χ1) is 12.8. The summed E-state index contributed by atoms with van der Waals surface area (Å²) in [4.78, 5) is 12.2. The van der Waals surface area contributed by atoms with Gasteiger partial charge >= 0.3 is 0 Å². The second kappa shape index (κ2) is 9.12. The maximum absolute atomic E-state index is 12.2. The van der Waals surface area contributed by atoms with Crippen LogP contribution < -0.4 is 21.0 Å². The molecule has 1 fully saturated rings. The molecule has 2 unspecified atom stereocenters. The molecule has 0 radical (unpaired) electrons. The molecule has 0 spiro atoms. The molecule has 1 heterocycles. The molecule has 6 nitrogen and oxygen atoms in total. The predicted molar refractivity (Wildman–Crippen MR) is 102 cm³/mol. The number of benzene rings is 2. The first-order valence-corrected chi connectivity index (χ1v) is 8.88. The maximum atomic E-state index is 12.2. The second-order valence-corrected chi connectivity index (χ2v) is 6.19. The van der Waals surface area contributed by atoms with Gasteiger partial charge in [-0.25, -0.2) is 16.3 Å². The molecular weight excluding hydrogens is 328 g/mol. The summed E-state index contributed by atoms with van der Waals surface area (Å²) in [5, 5.41) is 4.04. The lowest BCUT2D eigenvalue weighted by Gasteiger charge is -2.08. The third-order valence-electron chi connectivity index (χ3n) is 4.16. The highest BCUT2D eigenvalue weighted by Gasteiger charge is 2.29. The summed E-state index contributed by atoms with van der Waals surface area (Å²) < 4.78 is 5.54. The van der Waals surface area contributed by atoms with Crippen molar-refractivity contribution in [2.45, 2.75) is 31.8 Å². The van der Waals surface area contributed by atoms with Crippen LogP contribution in [0.2, 0.25) is 0 Å². The van der Waals surface area contributed by atoms with Gasteiger partial charge in [-0.15, -0.1) is 0 Å². The Morgan fingerprint density at radius 2 is 1.96 bits per heavy atom. The number of hydrazone groups is 1. The summed E-state index contributed by atoms with van der Waals surface area (Å²) >= 11 is 0. The van der Waals surface area contributed by atoms with Crippen LogP contribution in [0.3, 0.4) is 0 Å². The Kier molecular flexibility index (Phi) is 6.35. The number of hydrazine groups is 1. The molecule has 3 rings (SSSR count). The van der Waals surface area contributed by atoms with Gasteiger partial charge in [0.2, 0.25) is 0 Å². The van der Waals surface area contributed by atoms with Crippen molar-refractivity contribution in [3.05, 3.63) is 65.7 Å². The molecular formula is C20H24N4O2. The third kappa shape index (κ3) is 4.91. The molecule has 1 aliphatic rings. The Balaban J connectivity index is 1.47. The van der Waals surface area contributed by atoms with E-state index in [1.807, 2.05) is 54.6 Å². The summed E-state index contributed by atoms with van der Waals surface area (Å²) in [6.07, 6.45) is 3.28. The predicted octanol–water partition coefficient (Wildman–Crippen LogP) is 2.53. The molecule has 1 aliphatic heterocycles. The van der Waals surface area contributed by atoms with Crippen molar-refractivity contribution < 1.29 is 9.53 Å². The van der Waals surface area contributed by atoms with Crippen LogP contribution >= 0.6 is 0 Å². The number of hydrogen-bond donors (Lipinski definition) is 3. The van der Waals surface area contributed by atoms with E-state index in [9.17, 15) is 4.79 Å². The van der Waals surface area contributed by atoms with Crippen molar-refractivity contribution in [2.75, 3.05) is 6.61 Å². The van der Waals surface area contributed by atoms with Gasteiger partial charge in [0.15, 0.2) is 0 Å². The van der Waals surface area contributed by atoms with Gasteiger partial charge < -0.3 is 4.74 Å². The molecule has 136 valence electrons. The van der Waals surface area contributed by atoms with Crippen LogP contribution in [0.25, 0.3) is 0 Å². The Morgan fingerprint density at radius 1 is 1.19 bits per heavy atom. The number of rotatable bonds is 7. The molecule has 0 bridgehead atoms. The van der Waals surface area contributed by atoms with E-state index in [0.717, 1.165) is 23.3 Å². The van der Waals surface area contributed by atoms with E-state index in [0.29, 0.717) is 13.0 Å². The SMILES string of the molecule is CCCOc1ccc(/C=N/NC(=O)C2CC(c3ccccc3)NN2)cc1. The number of nitrogens with zero attached hydrogens (tertiary/aromatic N) is 1. The summed E-state index contributed by atoms with van der Waals surface area (Å²) in [6.45, 7) is 2.77. The zero-order chi connectivity index (χ0) is 18.2. The summed E-state index contributed by atoms with van der Waals surface area (Å²) in [5.74, 6) is 0.677. The van der Waals surface area contributed by atoms with E-state index >= 15 is 0 Å². The van der Waals surface area contributed by atoms with E-state index in [2.05, 4.69) is 28.3 Å². The fourth-order valence-electron chi connectivity index (χ4n) is 2.75. The first-order valence-electron chi connectivity index (χ1n) is 8.88. The topological polar surface area (TPSA) is 74.8 Å². The smallest absolute Gasteiger partial charge is 0.258 e. The molecule has 2 aromatic carbocycles. The van der Waals surface area contributed by atoms with Gasteiger partial charge in [0.25, 0.3) is 5.91 Å². The molecule has 26 heavy (non-hydrogen) atoms. The van der Waals surface area contributed by atoms with Gasteiger partial charge in [0, 0.05) is 6.04 Å². The van der Waals surface area contributed by atoms with E-state index in [-0.39, 0.29) is 18.0 Å². The van der Waals surface area contributed by atoms with E-state index in [4.69, 9.17) is 4.74 Å². The van der Waals surface area contributed by atoms with Crippen LogP contribution in [-0.4, -0.2) is 24.8 Å². The highest BCUT2D eigenvalue weighted by atomic mass is 16.5. The van der Waals surface area contributed by atoms with E-state index in [1.165, 1.54) is 0 Å². The second-order valence-electron chi connectivity index (χ2n) is 6.19. The average molecular weight is 352 g/mol. The number of amides is 1. The van der Waals surface area contributed by atoms with Crippen LogP contribution in [-0.2, 0) is 4.79 Å². The molecule has 0 saturated carbocycles. The van der Waals surface area contributed by atoms with Crippen molar-refractivity contribution in [3.8, 4) is 5.75 Å². The van der Waals surface area contributed by atoms with Crippen LogP contribution in [0.5, 0.6) is 5.75 Å². The minimum Gasteiger partial charge on any atom is -0.494 e. The number of nitrogens with one attached hydrogen (secondary N) is 3. The largest absolute Gasteiger partial charge is 0.494 e. The van der Waals surface area contributed by atoms with Crippen molar-refractivity contribution >= 4 is 12.1 Å². The lowest BCUT2D eigenvalue weighted by atomic mass is 10.0. The summed E-state index contributed by atoms with van der Waals surface area (Å²) in [5.41, 5.74) is 10.8. The zero-order valence-electron chi connectivity index (χ0n) is 14.8. The molecule has 2 aromatic rings. The van der Waals surface area contributed by atoms with Crippen molar-refractivity contribution in [3.63, 3.8) is 0 Å². The quantitative estimate of drug-likeness (QED) is 0.529. The number of ether oxygens (including phenoxy) is 1. The van der Waals surface area contributed by atoms with Gasteiger partial charge in [0.05, 0.1) is 12.8 Å². The van der Waals surface area contributed by atoms with Crippen LogP contribution in [0.15, 0.2) is 59.7 Å².